The van der Waals surface area contributed by atoms with Gasteiger partial charge in [-0.2, -0.15) is 5.10 Å². The minimum atomic E-state index is -0.0871. The Bertz CT molecular complexity index is 1150. The number of carbonyl (C=O) groups is 1. The van der Waals surface area contributed by atoms with Crippen LogP contribution in [0.25, 0.3) is 22.4 Å². The molecule has 0 spiro atoms. The Morgan fingerprint density at radius 2 is 1.76 bits per heavy atom. The summed E-state index contributed by atoms with van der Waals surface area (Å²) in [5.74, 6) is 0.463. The normalized spacial score (nSPS) is 15.1. The first-order valence-corrected chi connectivity index (χ1v) is 9.71. The van der Waals surface area contributed by atoms with Gasteiger partial charge in [0, 0.05) is 29.9 Å². The molecular formula is C24H20N4O. The second kappa shape index (κ2) is 7.36. The van der Waals surface area contributed by atoms with E-state index in [2.05, 4.69) is 50.8 Å². The third kappa shape index (κ3) is 3.43. The highest BCUT2D eigenvalue weighted by Crippen LogP contribution is 2.35. The van der Waals surface area contributed by atoms with Crippen molar-refractivity contribution >= 4 is 11.7 Å². The summed E-state index contributed by atoms with van der Waals surface area (Å²) in [6.07, 6.45) is 4.96. The summed E-state index contributed by atoms with van der Waals surface area (Å²) < 4.78 is 0. The van der Waals surface area contributed by atoms with Gasteiger partial charge in [0.25, 0.3) is 0 Å². The molecular weight excluding hydrogens is 360 g/mol. The lowest BCUT2D eigenvalue weighted by Crippen LogP contribution is -2.23. The lowest BCUT2D eigenvalue weighted by atomic mass is 9.96. The van der Waals surface area contributed by atoms with Gasteiger partial charge in [-0.1, -0.05) is 48.5 Å². The smallest absolute Gasteiger partial charge is 0.229 e. The number of rotatable bonds is 4. The molecule has 5 heteroatoms. The van der Waals surface area contributed by atoms with E-state index < -0.39 is 0 Å². The van der Waals surface area contributed by atoms with Gasteiger partial charge in [-0.3, -0.25) is 14.9 Å². The molecule has 2 aromatic carbocycles. The maximum absolute atomic E-state index is 12.9. The van der Waals surface area contributed by atoms with Crippen LogP contribution in [0, 0.1) is 5.92 Å². The predicted octanol–water partition coefficient (Wildman–Crippen LogP) is 4.49. The highest BCUT2D eigenvalue weighted by molar-refractivity contribution is 5.93. The van der Waals surface area contributed by atoms with Crippen LogP contribution in [0.1, 0.15) is 11.1 Å². The number of aromatic nitrogens is 3. The number of benzene rings is 2. The van der Waals surface area contributed by atoms with Crippen molar-refractivity contribution in [2.75, 3.05) is 5.32 Å². The second-order valence-corrected chi connectivity index (χ2v) is 7.31. The Labute approximate surface area is 168 Å². The maximum Gasteiger partial charge on any atom is 0.229 e. The average Bonchev–Trinajstić information content (AvgIpc) is 3.42. The molecule has 4 aromatic rings. The highest BCUT2D eigenvalue weighted by Gasteiger charge is 2.29. The zero-order valence-corrected chi connectivity index (χ0v) is 15.8. The van der Waals surface area contributed by atoms with Gasteiger partial charge in [-0.15, -0.1) is 0 Å². The summed E-state index contributed by atoms with van der Waals surface area (Å²) in [6, 6.07) is 22.4. The molecule has 1 atom stereocenters. The van der Waals surface area contributed by atoms with Crippen LogP contribution in [-0.2, 0) is 17.6 Å². The molecule has 1 unspecified atom stereocenters. The molecule has 5 rings (SSSR count). The molecule has 1 aliphatic carbocycles. The fourth-order valence-corrected chi connectivity index (χ4v) is 4.02. The molecule has 5 nitrogen and oxygen atoms in total. The van der Waals surface area contributed by atoms with Gasteiger partial charge in [0.15, 0.2) is 5.82 Å². The number of nitrogens with zero attached hydrogens (tertiary/aromatic N) is 2. The standard InChI is InChI=1S/C24H20N4O/c29-24(26-23-15-22(27-28-23)17-9-11-25-12-10-17)19-13-18-7-4-8-20(21(18)14-19)16-5-2-1-3-6-16/h1-12,15,19H,13-14H2,(H2,26,27,28,29). The van der Waals surface area contributed by atoms with Crippen molar-refractivity contribution in [2.45, 2.75) is 12.8 Å². The quantitative estimate of drug-likeness (QED) is 0.548. The Morgan fingerprint density at radius 1 is 0.931 bits per heavy atom. The highest BCUT2D eigenvalue weighted by atomic mass is 16.2. The van der Waals surface area contributed by atoms with Crippen molar-refractivity contribution in [1.29, 1.82) is 0 Å². The van der Waals surface area contributed by atoms with Gasteiger partial charge in [-0.25, -0.2) is 0 Å². The van der Waals surface area contributed by atoms with E-state index in [1.807, 2.05) is 36.4 Å². The van der Waals surface area contributed by atoms with Crippen LogP contribution in [-0.4, -0.2) is 21.1 Å². The number of fused-ring (bicyclic) bond motifs is 1. The lowest BCUT2D eigenvalue weighted by molar-refractivity contribution is -0.119. The van der Waals surface area contributed by atoms with Gasteiger partial charge in [0.2, 0.25) is 5.91 Å². The minimum absolute atomic E-state index is 0.00740. The topological polar surface area (TPSA) is 70.7 Å². The minimum Gasteiger partial charge on any atom is -0.309 e. The molecule has 1 amide bonds. The van der Waals surface area contributed by atoms with Gasteiger partial charge >= 0.3 is 0 Å². The van der Waals surface area contributed by atoms with Gasteiger partial charge < -0.3 is 5.32 Å². The Balaban J connectivity index is 1.33. The van der Waals surface area contributed by atoms with E-state index in [0.717, 1.165) is 24.1 Å². The first kappa shape index (κ1) is 17.4. The fraction of sp³-hybridized carbons (Fsp3) is 0.125. The Morgan fingerprint density at radius 3 is 2.59 bits per heavy atom. The summed E-state index contributed by atoms with van der Waals surface area (Å²) in [5, 5.41) is 10.2. The third-order valence-electron chi connectivity index (χ3n) is 5.47. The number of aromatic amines is 1. The summed E-state index contributed by atoms with van der Waals surface area (Å²) in [6.45, 7) is 0. The zero-order chi connectivity index (χ0) is 19.6. The number of hydrogen-bond acceptors (Lipinski definition) is 3. The molecule has 0 radical (unpaired) electrons. The summed E-state index contributed by atoms with van der Waals surface area (Å²) in [7, 11) is 0. The molecule has 29 heavy (non-hydrogen) atoms. The van der Waals surface area contributed by atoms with E-state index >= 15 is 0 Å². The van der Waals surface area contributed by atoms with Gasteiger partial charge in [0.05, 0.1) is 5.69 Å². The van der Waals surface area contributed by atoms with Crippen molar-refractivity contribution in [1.82, 2.24) is 15.2 Å². The maximum atomic E-state index is 12.9. The second-order valence-electron chi connectivity index (χ2n) is 7.31. The van der Waals surface area contributed by atoms with Gasteiger partial charge in [-0.05, 0) is 47.2 Å². The monoisotopic (exact) mass is 380 g/mol. The predicted molar refractivity (Wildman–Crippen MR) is 113 cm³/mol. The number of amides is 1. The van der Waals surface area contributed by atoms with E-state index in [1.54, 1.807) is 12.4 Å². The van der Waals surface area contributed by atoms with Crippen LogP contribution in [0.2, 0.25) is 0 Å². The van der Waals surface area contributed by atoms with E-state index in [1.165, 1.54) is 22.3 Å². The van der Waals surface area contributed by atoms with Crippen molar-refractivity contribution in [2.24, 2.45) is 5.92 Å². The molecule has 1 aliphatic rings. The van der Waals surface area contributed by atoms with E-state index in [4.69, 9.17) is 0 Å². The molecule has 0 saturated heterocycles. The fourth-order valence-electron chi connectivity index (χ4n) is 4.02. The van der Waals surface area contributed by atoms with Crippen LogP contribution in [0.4, 0.5) is 5.82 Å². The van der Waals surface area contributed by atoms with Crippen molar-refractivity contribution in [3.05, 3.63) is 90.3 Å². The summed E-state index contributed by atoms with van der Waals surface area (Å²) in [5.41, 5.74) is 6.78. The van der Waals surface area contributed by atoms with E-state index in [-0.39, 0.29) is 11.8 Å². The largest absolute Gasteiger partial charge is 0.309 e. The summed E-state index contributed by atoms with van der Waals surface area (Å²) in [4.78, 5) is 16.9. The Kier molecular flexibility index (Phi) is 4.41. The SMILES string of the molecule is O=C(Nc1cc(-c2ccncc2)[nH]n1)C1Cc2cccc(-c3ccccc3)c2C1. The number of pyridine rings is 1. The van der Waals surface area contributed by atoms with Crippen molar-refractivity contribution < 1.29 is 4.79 Å². The number of anilines is 1. The van der Waals surface area contributed by atoms with E-state index in [0.29, 0.717) is 5.82 Å². The molecule has 142 valence electrons. The van der Waals surface area contributed by atoms with Crippen LogP contribution < -0.4 is 5.32 Å². The number of hydrogen-bond donors (Lipinski definition) is 2. The molecule has 0 fully saturated rings. The molecule has 0 saturated carbocycles. The van der Waals surface area contributed by atoms with Gasteiger partial charge in [0.1, 0.15) is 0 Å². The van der Waals surface area contributed by atoms with Crippen LogP contribution in [0.3, 0.4) is 0 Å². The molecule has 2 aromatic heterocycles. The first-order valence-electron chi connectivity index (χ1n) is 9.71. The Hall–Kier alpha value is -3.73. The molecule has 0 bridgehead atoms. The van der Waals surface area contributed by atoms with Crippen LogP contribution >= 0.6 is 0 Å². The number of nitrogens with one attached hydrogen (secondary N) is 2. The van der Waals surface area contributed by atoms with Crippen LogP contribution in [0.15, 0.2) is 79.1 Å². The van der Waals surface area contributed by atoms with Crippen molar-refractivity contribution in [3.63, 3.8) is 0 Å². The van der Waals surface area contributed by atoms with Crippen molar-refractivity contribution in [3.8, 4) is 22.4 Å². The molecule has 2 heterocycles. The number of H-pyrrole nitrogens is 1. The third-order valence-corrected chi connectivity index (χ3v) is 5.47. The summed E-state index contributed by atoms with van der Waals surface area (Å²) >= 11 is 0. The molecule has 0 aliphatic heterocycles. The average molecular weight is 380 g/mol. The number of carbonyl (C=O) groups excluding carboxylic acids is 1. The first-order chi connectivity index (χ1) is 14.3. The zero-order valence-electron chi connectivity index (χ0n) is 15.8. The molecule has 2 N–H and O–H groups in total. The van der Waals surface area contributed by atoms with E-state index in [9.17, 15) is 4.79 Å². The lowest BCUT2D eigenvalue weighted by Gasteiger charge is -2.09. The van der Waals surface area contributed by atoms with Crippen LogP contribution in [0.5, 0.6) is 0 Å².